The zero-order chi connectivity index (χ0) is 14.2. The smallest absolute Gasteiger partial charge is 0.231 e. The first kappa shape index (κ1) is 12.5. The number of nitrogens with zero attached hydrogens (tertiary/aromatic N) is 4. The van der Waals surface area contributed by atoms with Crippen LogP contribution < -0.4 is 14.4 Å². The molecule has 0 spiro atoms. The van der Waals surface area contributed by atoms with E-state index in [4.69, 9.17) is 9.47 Å². The van der Waals surface area contributed by atoms with Crippen LogP contribution in [0.4, 0.5) is 5.69 Å². The van der Waals surface area contributed by atoms with Crippen molar-refractivity contribution in [2.24, 2.45) is 5.92 Å². The van der Waals surface area contributed by atoms with Crippen molar-refractivity contribution in [3.8, 4) is 11.5 Å². The third-order valence-corrected chi connectivity index (χ3v) is 3.92. The van der Waals surface area contributed by atoms with Crippen LogP contribution in [0.5, 0.6) is 11.5 Å². The van der Waals surface area contributed by atoms with Crippen LogP contribution in [0.2, 0.25) is 0 Å². The monoisotopic (exact) mass is 286 g/mol. The number of hydrogen-bond acceptors (Lipinski definition) is 5. The number of fused-ring (bicyclic) bond motifs is 1. The molecule has 1 saturated carbocycles. The van der Waals surface area contributed by atoms with Gasteiger partial charge in [-0.15, -0.1) is 5.10 Å². The third kappa shape index (κ3) is 2.66. The molecule has 1 aliphatic heterocycles. The molecule has 2 aromatic rings. The van der Waals surface area contributed by atoms with Gasteiger partial charge < -0.3 is 14.4 Å². The largest absolute Gasteiger partial charge is 0.454 e. The van der Waals surface area contributed by atoms with Crippen molar-refractivity contribution in [1.82, 2.24) is 15.0 Å². The van der Waals surface area contributed by atoms with Gasteiger partial charge in [0.05, 0.1) is 12.7 Å². The first-order chi connectivity index (χ1) is 10.3. The van der Waals surface area contributed by atoms with Crippen LogP contribution in [-0.2, 0) is 13.1 Å². The van der Waals surface area contributed by atoms with Gasteiger partial charge in [-0.2, -0.15) is 0 Å². The lowest BCUT2D eigenvalue weighted by molar-refractivity contribution is 0.174. The topological polar surface area (TPSA) is 52.4 Å². The molecule has 0 radical (unpaired) electrons. The summed E-state index contributed by atoms with van der Waals surface area (Å²) in [6.07, 6.45) is 4.69. The van der Waals surface area contributed by atoms with Gasteiger partial charge in [-0.1, -0.05) is 5.21 Å². The van der Waals surface area contributed by atoms with E-state index >= 15 is 0 Å². The highest BCUT2D eigenvalue weighted by atomic mass is 16.7. The zero-order valence-electron chi connectivity index (χ0n) is 12.0. The SMILES string of the molecule is CN(Cc1cn(CC2CC2)nn1)c1ccc2c(c1)OCO2. The lowest BCUT2D eigenvalue weighted by atomic mass is 10.2. The first-order valence-electron chi connectivity index (χ1n) is 7.28. The zero-order valence-corrected chi connectivity index (χ0v) is 12.0. The second-order valence-corrected chi connectivity index (χ2v) is 5.77. The second-order valence-electron chi connectivity index (χ2n) is 5.77. The summed E-state index contributed by atoms with van der Waals surface area (Å²) in [6, 6.07) is 5.97. The summed E-state index contributed by atoms with van der Waals surface area (Å²) in [5.74, 6) is 2.42. The van der Waals surface area contributed by atoms with Crippen LogP contribution in [0.3, 0.4) is 0 Å². The molecule has 1 aromatic heterocycles. The van der Waals surface area contributed by atoms with Gasteiger partial charge in [0, 0.05) is 25.3 Å². The molecule has 21 heavy (non-hydrogen) atoms. The molecule has 4 rings (SSSR count). The van der Waals surface area contributed by atoms with E-state index < -0.39 is 0 Å². The van der Waals surface area contributed by atoms with Crippen LogP contribution in [0.25, 0.3) is 0 Å². The summed E-state index contributed by atoms with van der Waals surface area (Å²) in [5.41, 5.74) is 2.06. The molecule has 2 aliphatic rings. The van der Waals surface area contributed by atoms with E-state index in [1.807, 2.05) is 36.1 Å². The lowest BCUT2D eigenvalue weighted by Crippen LogP contribution is -2.16. The Bertz CT molecular complexity index is 651. The van der Waals surface area contributed by atoms with Gasteiger partial charge in [0.25, 0.3) is 0 Å². The summed E-state index contributed by atoms with van der Waals surface area (Å²) in [6.45, 7) is 2.03. The molecule has 6 nitrogen and oxygen atoms in total. The predicted octanol–water partition coefficient (Wildman–Crippen LogP) is 2.05. The van der Waals surface area contributed by atoms with Gasteiger partial charge in [0.1, 0.15) is 5.69 Å². The van der Waals surface area contributed by atoms with Crippen molar-refractivity contribution in [1.29, 1.82) is 0 Å². The molecule has 6 heteroatoms. The molecular formula is C15H18N4O2. The van der Waals surface area contributed by atoms with E-state index in [0.717, 1.165) is 41.9 Å². The average molecular weight is 286 g/mol. The molecule has 0 atom stereocenters. The quantitative estimate of drug-likeness (QED) is 0.842. The minimum Gasteiger partial charge on any atom is -0.454 e. The summed E-state index contributed by atoms with van der Waals surface area (Å²) in [7, 11) is 2.04. The van der Waals surface area contributed by atoms with Gasteiger partial charge >= 0.3 is 0 Å². The van der Waals surface area contributed by atoms with Crippen molar-refractivity contribution in [3.63, 3.8) is 0 Å². The van der Waals surface area contributed by atoms with Gasteiger partial charge in [-0.05, 0) is 30.9 Å². The van der Waals surface area contributed by atoms with Gasteiger partial charge in [0.2, 0.25) is 6.79 Å². The normalized spacial score (nSPS) is 16.2. The summed E-state index contributed by atoms with van der Waals surface area (Å²) in [5, 5.41) is 8.45. The van der Waals surface area contributed by atoms with Crippen LogP contribution in [0.15, 0.2) is 24.4 Å². The van der Waals surface area contributed by atoms with Crippen molar-refractivity contribution in [2.45, 2.75) is 25.9 Å². The molecular weight excluding hydrogens is 268 g/mol. The standard InChI is InChI=1S/C15H18N4O2/c1-18(13-4-5-14-15(6-13)21-10-20-14)8-12-9-19(17-16-12)7-11-2-3-11/h4-6,9,11H,2-3,7-8,10H2,1H3. The number of rotatable bonds is 5. The molecule has 0 unspecified atom stereocenters. The van der Waals surface area contributed by atoms with Crippen LogP contribution in [0, 0.1) is 5.92 Å². The van der Waals surface area contributed by atoms with Crippen molar-refractivity contribution in [3.05, 3.63) is 30.1 Å². The molecule has 0 saturated heterocycles. The Morgan fingerprint density at radius 1 is 1.29 bits per heavy atom. The number of benzene rings is 1. The van der Waals surface area contributed by atoms with Gasteiger partial charge in [0.15, 0.2) is 11.5 Å². The maximum atomic E-state index is 5.41. The fraction of sp³-hybridized carbons (Fsp3) is 0.467. The Kier molecular flexibility index (Phi) is 2.94. The Balaban J connectivity index is 1.44. The summed E-state index contributed by atoms with van der Waals surface area (Å²) < 4.78 is 12.7. The minimum absolute atomic E-state index is 0.304. The Hall–Kier alpha value is -2.24. The molecule has 0 N–H and O–H groups in total. The third-order valence-electron chi connectivity index (χ3n) is 3.92. The van der Waals surface area contributed by atoms with E-state index in [9.17, 15) is 0 Å². The van der Waals surface area contributed by atoms with Gasteiger partial charge in [-0.25, -0.2) is 0 Å². The van der Waals surface area contributed by atoms with Crippen molar-refractivity contribution >= 4 is 5.69 Å². The highest BCUT2D eigenvalue weighted by molar-refractivity contribution is 5.56. The van der Waals surface area contributed by atoms with E-state index in [1.165, 1.54) is 12.8 Å². The Morgan fingerprint density at radius 2 is 2.14 bits per heavy atom. The van der Waals surface area contributed by atoms with Gasteiger partial charge in [-0.3, -0.25) is 4.68 Å². The number of hydrogen-bond donors (Lipinski definition) is 0. The van der Waals surface area contributed by atoms with E-state index in [1.54, 1.807) is 0 Å². The van der Waals surface area contributed by atoms with E-state index in [-0.39, 0.29) is 0 Å². The first-order valence-corrected chi connectivity index (χ1v) is 7.28. The molecule has 1 fully saturated rings. The summed E-state index contributed by atoms with van der Waals surface area (Å²) >= 11 is 0. The average Bonchev–Trinajstić information content (AvgIpc) is 3.00. The molecule has 110 valence electrons. The van der Waals surface area contributed by atoms with Crippen LogP contribution in [0.1, 0.15) is 18.5 Å². The Morgan fingerprint density at radius 3 is 3.00 bits per heavy atom. The molecule has 1 aromatic carbocycles. The maximum Gasteiger partial charge on any atom is 0.231 e. The maximum absolute atomic E-state index is 5.41. The van der Waals surface area contributed by atoms with Crippen molar-refractivity contribution < 1.29 is 9.47 Å². The van der Waals surface area contributed by atoms with E-state index in [0.29, 0.717) is 6.79 Å². The fourth-order valence-electron chi connectivity index (χ4n) is 2.52. The molecule has 1 aliphatic carbocycles. The Labute approximate surface area is 123 Å². The predicted molar refractivity (Wildman–Crippen MR) is 77.4 cm³/mol. The van der Waals surface area contributed by atoms with Crippen molar-refractivity contribution in [2.75, 3.05) is 18.7 Å². The number of ether oxygens (including phenoxy) is 2. The van der Waals surface area contributed by atoms with Crippen LogP contribution in [-0.4, -0.2) is 28.8 Å². The summed E-state index contributed by atoms with van der Waals surface area (Å²) in [4.78, 5) is 2.13. The number of aromatic nitrogens is 3. The second kappa shape index (κ2) is 4.95. The molecule has 0 bridgehead atoms. The fourth-order valence-corrected chi connectivity index (χ4v) is 2.52. The highest BCUT2D eigenvalue weighted by Gasteiger charge is 2.22. The molecule has 0 amide bonds. The number of anilines is 1. The van der Waals surface area contributed by atoms with Crippen LogP contribution >= 0.6 is 0 Å². The molecule has 2 heterocycles. The highest BCUT2D eigenvalue weighted by Crippen LogP contribution is 2.35. The minimum atomic E-state index is 0.304. The lowest BCUT2D eigenvalue weighted by Gasteiger charge is -2.18. The van der Waals surface area contributed by atoms with E-state index in [2.05, 4.69) is 15.2 Å².